The van der Waals surface area contributed by atoms with Crippen LogP contribution in [0.4, 0.5) is 0 Å². The van der Waals surface area contributed by atoms with Crippen LogP contribution in [0, 0.1) is 29.6 Å². The molecule has 0 bridgehead atoms. The zero-order valence-corrected chi connectivity index (χ0v) is 18.7. The normalized spacial score (nSPS) is 39.3. The molecule has 1 saturated heterocycles. The molecule has 156 valence electrons. The standard InChI is InChI=1S/C24H43NO2/c1-17-7-9-18(10-8-17)19-11-13-20(14-12-19)22(26)27-16-21-15-23(2,3)25(6)24(21,4)5/h17-21H,7-16H2,1-6H3. The summed E-state index contributed by atoms with van der Waals surface area (Å²) >= 11 is 0. The molecule has 0 aromatic heterocycles. The smallest absolute Gasteiger partial charge is 0.308 e. The fourth-order valence-electron chi connectivity index (χ4n) is 6.19. The highest BCUT2D eigenvalue weighted by Gasteiger charge is 2.49. The van der Waals surface area contributed by atoms with Gasteiger partial charge in [-0.05, 0) is 97.4 Å². The van der Waals surface area contributed by atoms with Gasteiger partial charge in [-0.15, -0.1) is 0 Å². The summed E-state index contributed by atoms with van der Waals surface area (Å²) in [7, 11) is 2.20. The zero-order valence-electron chi connectivity index (χ0n) is 18.7. The molecule has 0 N–H and O–H groups in total. The lowest BCUT2D eigenvalue weighted by Crippen LogP contribution is -2.47. The predicted molar refractivity (Wildman–Crippen MR) is 112 cm³/mol. The molecule has 3 heteroatoms. The Morgan fingerprint density at radius 1 is 0.926 bits per heavy atom. The summed E-state index contributed by atoms with van der Waals surface area (Å²) < 4.78 is 5.87. The summed E-state index contributed by atoms with van der Waals surface area (Å²) in [5, 5.41) is 0. The molecule has 1 aliphatic heterocycles. The second-order valence-corrected chi connectivity index (χ2v) is 11.2. The Balaban J connectivity index is 1.44. The van der Waals surface area contributed by atoms with Crippen molar-refractivity contribution in [2.45, 2.75) is 103 Å². The molecule has 0 spiro atoms. The highest BCUT2D eigenvalue weighted by molar-refractivity contribution is 5.72. The van der Waals surface area contributed by atoms with Crippen LogP contribution in [-0.4, -0.2) is 35.6 Å². The average Bonchev–Trinajstić information content (AvgIpc) is 2.79. The van der Waals surface area contributed by atoms with Gasteiger partial charge in [0.1, 0.15) is 0 Å². The van der Waals surface area contributed by atoms with E-state index in [-0.39, 0.29) is 23.0 Å². The molecule has 0 radical (unpaired) electrons. The van der Waals surface area contributed by atoms with Crippen LogP contribution in [0.3, 0.4) is 0 Å². The quantitative estimate of drug-likeness (QED) is 0.591. The Morgan fingerprint density at radius 3 is 1.93 bits per heavy atom. The highest BCUT2D eigenvalue weighted by Crippen LogP contribution is 2.44. The Labute approximate surface area is 167 Å². The molecule has 27 heavy (non-hydrogen) atoms. The van der Waals surface area contributed by atoms with E-state index in [1.807, 2.05) is 0 Å². The summed E-state index contributed by atoms with van der Waals surface area (Å²) in [6, 6.07) is 0. The second-order valence-electron chi connectivity index (χ2n) is 11.2. The maximum Gasteiger partial charge on any atom is 0.308 e. The molecule has 1 atom stereocenters. The van der Waals surface area contributed by atoms with Crippen molar-refractivity contribution in [3.8, 4) is 0 Å². The number of carbonyl (C=O) groups excluding carboxylic acids is 1. The Hall–Kier alpha value is -0.570. The van der Waals surface area contributed by atoms with E-state index in [1.165, 1.54) is 38.5 Å². The van der Waals surface area contributed by atoms with Gasteiger partial charge in [0.15, 0.2) is 0 Å². The van der Waals surface area contributed by atoms with Crippen LogP contribution in [0.15, 0.2) is 0 Å². The van der Waals surface area contributed by atoms with Gasteiger partial charge in [-0.25, -0.2) is 0 Å². The van der Waals surface area contributed by atoms with Crippen molar-refractivity contribution in [3.05, 3.63) is 0 Å². The molecule has 0 aromatic rings. The number of hydrogen-bond acceptors (Lipinski definition) is 3. The maximum atomic E-state index is 12.7. The van der Waals surface area contributed by atoms with Crippen molar-refractivity contribution >= 4 is 5.97 Å². The number of ether oxygens (including phenoxy) is 1. The first-order chi connectivity index (χ1) is 12.6. The average molecular weight is 378 g/mol. The van der Waals surface area contributed by atoms with Gasteiger partial charge in [0, 0.05) is 17.0 Å². The Bertz CT molecular complexity index is 510. The van der Waals surface area contributed by atoms with E-state index < -0.39 is 0 Å². The van der Waals surface area contributed by atoms with Gasteiger partial charge in [-0.2, -0.15) is 0 Å². The van der Waals surface area contributed by atoms with Crippen LogP contribution < -0.4 is 0 Å². The molecular formula is C24H43NO2. The van der Waals surface area contributed by atoms with Crippen LogP contribution in [-0.2, 0) is 9.53 Å². The lowest BCUT2D eigenvalue weighted by atomic mass is 9.69. The third-order valence-electron chi connectivity index (χ3n) is 8.78. The molecule has 2 saturated carbocycles. The van der Waals surface area contributed by atoms with Gasteiger partial charge in [-0.3, -0.25) is 9.69 Å². The maximum absolute atomic E-state index is 12.7. The number of likely N-dealkylation sites (tertiary alicyclic amines) is 1. The molecule has 3 nitrogen and oxygen atoms in total. The first kappa shape index (κ1) is 21.1. The highest BCUT2D eigenvalue weighted by atomic mass is 16.5. The van der Waals surface area contributed by atoms with E-state index in [0.29, 0.717) is 12.5 Å². The van der Waals surface area contributed by atoms with E-state index in [0.717, 1.165) is 37.0 Å². The monoisotopic (exact) mass is 377 g/mol. The number of nitrogens with zero attached hydrogens (tertiary/aromatic N) is 1. The van der Waals surface area contributed by atoms with Crippen LogP contribution in [0.5, 0.6) is 0 Å². The van der Waals surface area contributed by atoms with Gasteiger partial charge in [0.05, 0.1) is 12.5 Å². The predicted octanol–water partition coefficient (Wildman–Crippen LogP) is 5.67. The molecule has 3 fully saturated rings. The van der Waals surface area contributed by atoms with Gasteiger partial charge < -0.3 is 4.74 Å². The molecule has 0 amide bonds. The number of carbonyl (C=O) groups is 1. The van der Waals surface area contributed by atoms with Crippen molar-refractivity contribution in [3.63, 3.8) is 0 Å². The van der Waals surface area contributed by atoms with Gasteiger partial charge in [-0.1, -0.05) is 19.8 Å². The molecule has 0 aromatic carbocycles. The molecular weight excluding hydrogens is 334 g/mol. The number of rotatable bonds is 4. The van der Waals surface area contributed by atoms with E-state index in [4.69, 9.17) is 4.74 Å². The van der Waals surface area contributed by atoms with Crippen LogP contribution in [0.2, 0.25) is 0 Å². The van der Waals surface area contributed by atoms with Crippen LogP contribution in [0.25, 0.3) is 0 Å². The Kier molecular flexibility index (Phi) is 6.30. The molecule has 3 rings (SSSR count). The van der Waals surface area contributed by atoms with Crippen molar-refractivity contribution in [2.75, 3.05) is 13.7 Å². The zero-order chi connectivity index (χ0) is 19.8. The second kappa shape index (κ2) is 8.05. The summed E-state index contributed by atoms with van der Waals surface area (Å²) in [5.74, 6) is 3.37. The fraction of sp³-hybridized carbons (Fsp3) is 0.958. The van der Waals surface area contributed by atoms with Crippen molar-refractivity contribution < 1.29 is 9.53 Å². The van der Waals surface area contributed by atoms with Gasteiger partial charge >= 0.3 is 5.97 Å². The largest absolute Gasteiger partial charge is 0.465 e. The van der Waals surface area contributed by atoms with E-state index in [1.54, 1.807) is 0 Å². The minimum atomic E-state index is 0.0777. The minimum absolute atomic E-state index is 0.0777. The van der Waals surface area contributed by atoms with Crippen molar-refractivity contribution in [1.82, 2.24) is 4.90 Å². The topological polar surface area (TPSA) is 29.5 Å². The summed E-state index contributed by atoms with van der Waals surface area (Å²) in [6.07, 6.45) is 11.3. The lowest BCUT2D eigenvalue weighted by molar-refractivity contribution is -0.152. The summed E-state index contributed by atoms with van der Waals surface area (Å²) in [5.41, 5.74) is 0.260. The van der Waals surface area contributed by atoms with E-state index >= 15 is 0 Å². The van der Waals surface area contributed by atoms with Crippen LogP contribution in [0.1, 0.15) is 92.4 Å². The third kappa shape index (κ3) is 4.54. The molecule has 3 aliphatic rings. The van der Waals surface area contributed by atoms with Crippen molar-refractivity contribution in [1.29, 1.82) is 0 Å². The first-order valence-corrected chi connectivity index (χ1v) is 11.5. The SMILES string of the molecule is CC1CCC(C2CCC(C(=O)OCC3CC(C)(C)N(C)C3(C)C)CC2)CC1. The van der Waals surface area contributed by atoms with Gasteiger partial charge in [0.2, 0.25) is 0 Å². The molecule has 1 heterocycles. The van der Waals surface area contributed by atoms with Gasteiger partial charge in [0.25, 0.3) is 0 Å². The molecule has 1 unspecified atom stereocenters. The fourth-order valence-corrected chi connectivity index (χ4v) is 6.19. The summed E-state index contributed by atoms with van der Waals surface area (Å²) in [4.78, 5) is 15.2. The van der Waals surface area contributed by atoms with Crippen LogP contribution >= 0.6 is 0 Å². The third-order valence-corrected chi connectivity index (χ3v) is 8.78. The minimum Gasteiger partial charge on any atom is -0.465 e. The lowest BCUT2D eigenvalue weighted by Gasteiger charge is -2.38. The molecule has 2 aliphatic carbocycles. The number of hydrogen-bond donors (Lipinski definition) is 0. The number of esters is 1. The Morgan fingerprint density at radius 2 is 1.44 bits per heavy atom. The van der Waals surface area contributed by atoms with Crippen molar-refractivity contribution in [2.24, 2.45) is 29.6 Å². The van der Waals surface area contributed by atoms with E-state index in [2.05, 4.69) is 46.6 Å². The first-order valence-electron chi connectivity index (χ1n) is 11.5. The summed E-state index contributed by atoms with van der Waals surface area (Å²) in [6.45, 7) is 12.1. The van der Waals surface area contributed by atoms with E-state index in [9.17, 15) is 4.79 Å².